The van der Waals surface area contributed by atoms with Crippen molar-refractivity contribution < 1.29 is 29.1 Å². The Labute approximate surface area is 171 Å². The highest BCUT2D eigenvalue weighted by Gasteiger charge is 2.33. The maximum absolute atomic E-state index is 12.7. The monoisotopic (exact) mass is 413 g/mol. The molecule has 156 valence electrons. The molecule has 3 rings (SSSR count). The topological polar surface area (TPSA) is 140 Å². The molecule has 3 N–H and O–H groups in total. The van der Waals surface area contributed by atoms with Crippen LogP contribution < -0.4 is 15.4 Å². The summed E-state index contributed by atoms with van der Waals surface area (Å²) in [7, 11) is 0. The Balaban J connectivity index is 1.75. The van der Waals surface area contributed by atoms with Crippen molar-refractivity contribution in [1.82, 2.24) is 10.6 Å². The number of aromatic hydroxyl groups is 1. The zero-order valence-corrected chi connectivity index (χ0v) is 16.0. The molecule has 0 spiro atoms. The molecule has 2 aromatic rings. The van der Waals surface area contributed by atoms with E-state index in [9.17, 15) is 24.8 Å². The minimum Gasteiger partial charge on any atom is -0.502 e. The number of esters is 1. The molecule has 2 amide bonds. The lowest BCUT2D eigenvalue weighted by molar-refractivity contribution is -0.385. The van der Waals surface area contributed by atoms with Crippen LogP contribution in [0.3, 0.4) is 0 Å². The number of ether oxygens (including phenoxy) is 2. The van der Waals surface area contributed by atoms with Gasteiger partial charge in [0.15, 0.2) is 5.75 Å². The zero-order valence-electron chi connectivity index (χ0n) is 16.0. The number of nitro groups is 1. The predicted molar refractivity (Wildman–Crippen MR) is 105 cm³/mol. The Morgan fingerprint density at radius 2 is 1.93 bits per heavy atom. The molecular formula is C20H19N3O7. The van der Waals surface area contributed by atoms with Gasteiger partial charge < -0.3 is 25.2 Å². The van der Waals surface area contributed by atoms with Gasteiger partial charge in [0, 0.05) is 11.8 Å². The molecule has 1 atom stereocenters. The first-order valence-corrected chi connectivity index (χ1v) is 8.97. The maximum Gasteiger partial charge on any atom is 0.338 e. The number of nitrogens with one attached hydrogen (secondary N) is 2. The summed E-state index contributed by atoms with van der Waals surface area (Å²) in [6, 6.07) is 11.1. The van der Waals surface area contributed by atoms with Crippen LogP contribution in [0.2, 0.25) is 0 Å². The van der Waals surface area contributed by atoms with Crippen LogP contribution in [0, 0.1) is 10.1 Å². The number of hydrogen-bond acceptors (Lipinski definition) is 7. The first-order valence-electron chi connectivity index (χ1n) is 8.97. The van der Waals surface area contributed by atoms with Crippen molar-refractivity contribution in [2.45, 2.75) is 13.0 Å². The van der Waals surface area contributed by atoms with Crippen LogP contribution in [0.15, 0.2) is 59.8 Å². The number of rotatable bonds is 7. The van der Waals surface area contributed by atoms with E-state index in [4.69, 9.17) is 9.47 Å². The van der Waals surface area contributed by atoms with Crippen LogP contribution in [-0.4, -0.2) is 35.2 Å². The third kappa shape index (κ3) is 4.66. The second-order valence-electron chi connectivity index (χ2n) is 6.37. The Morgan fingerprint density at radius 1 is 1.20 bits per heavy atom. The van der Waals surface area contributed by atoms with Gasteiger partial charge in [0.25, 0.3) is 0 Å². The molecule has 1 aliphatic heterocycles. The van der Waals surface area contributed by atoms with Gasteiger partial charge in [-0.05, 0) is 30.7 Å². The fraction of sp³-hybridized carbons (Fsp3) is 0.200. The number of carbonyl (C=O) groups is 2. The van der Waals surface area contributed by atoms with E-state index in [0.717, 1.165) is 12.1 Å². The predicted octanol–water partition coefficient (Wildman–Crippen LogP) is 2.55. The normalized spacial score (nSPS) is 15.8. The minimum atomic E-state index is -0.986. The largest absolute Gasteiger partial charge is 0.502 e. The summed E-state index contributed by atoms with van der Waals surface area (Å²) in [5.41, 5.74) is 0.0610. The van der Waals surface area contributed by atoms with E-state index in [-0.39, 0.29) is 30.0 Å². The summed E-state index contributed by atoms with van der Waals surface area (Å²) >= 11 is 0. The number of phenolic OH excluding ortho intramolecular Hbond substituents is 1. The smallest absolute Gasteiger partial charge is 0.338 e. The van der Waals surface area contributed by atoms with Gasteiger partial charge in [0.1, 0.15) is 19.0 Å². The lowest BCUT2D eigenvalue weighted by atomic mass is 9.95. The highest BCUT2D eigenvalue weighted by atomic mass is 16.6. The molecule has 0 saturated carbocycles. The molecule has 10 nitrogen and oxygen atoms in total. The molecule has 0 fully saturated rings. The summed E-state index contributed by atoms with van der Waals surface area (Å²) in [5.74, 6) is -0.603. The lowest BCUT2D eigenvalue weighted by Gasteiger charge is -2.28. The standard InChI is InChI=1S/C20H19N3O7/c1-12-17(19(25)30-10-9-29-14-5-3-2-4-6-14)18(22-20(26)21-12)13-7-8-16(24)15(11-13)23(27)28/h2-8,11,18,24H,9-10H2,1H3,(H2,21,22,26). The fourth-order valence-electron chi connectivity index (χ4n) is 2.97. The summed E-state index contributed by atoms with van der Waals surface area (Å²) < 4.78 is 10.7. The van der Waals surface area contributed by atoms with Gasteiger partial charge in [-0.3, -0.25) is 10.1 Å². The molecule has 1 heterocycles. The zero-order chi connectivity index (χ0) is 21.7. The average molecular weight is 413 g/mol. The number of benzene rings is 2. The van der Waals surface area contributed by atoms with Gasteiger partial charge >= 0.3 is 17.7 Å². The molecule has 10 heteroatoms. The van der Waals surface area contributed by atoms with Crippen molar-refractivity contribution in [3.63, 3.8) is 0 Å². The van der Waals surface area contributed by atoms with Crippen LogP contribution in [0.25, 0.3) is 0 Å². The Hall–Kier alpha value is -4.08. The molecular weight excluding hydrogens is 394 g/mol. The number of nitrogens with zero attached hydrogens (tertiary/aromatic N) is 1. The van der Waals surface area contributed by atoms with Gasteiger partial charge in [-0.2, -0.15) is 0 Å². The van der Waals surface area contributed by atoms with Crippen molar-refractivity contribution in [3.8, 4) is 11.5 Å². The summed E-state index contributed by atoms with van der Waals surface area (Å²) in [4.78, 5) is 35.0. The molecule has 0 saturated heterocycles. The number of phenols is 1. The molecule has 0 radical (unpaired) electrons. The fourth-order valence-corrected chi connectivity index (χ4v) is 2.97. The number of amides is 2. The van der Waals surface area contributed by atoms with Crippen LogP contribution in [0.4, 0.5) is 10.5 Å². The van der Waals surface area contributed by atoms with Crippen LogP contribution in [0.1, 0.15) is 18.5 Å². The number of para-hydroxylation sites is 1. The Kier molecular flexibility index (Phi) is 6.16. The molecule has 0 aliphatic carbocycles. The first-order chi connectivity index (χ1) is 14.4. The third-order valence-electron chi connectivity index (χ3n) is 4.35. The number of hydrogen-bond donors (Lipinski definition) is 3. The molecule has 0 aromatic heterocycles. The van der Waals surface area contributed by atoms with Gasteiger partial charge in [0.2, 0.25) is 0 Å². The Morgan fingerprint density at radius 3 is 2.63 bits per heavy atom. The first kappa shape index (κ1) is 20.6. The van der Waals surface area contributed by atoms with Crippen molar-refractivity contribution >= 4 is 17.7 Å². The molecule has 1 unspecified atom stereocenters. The van der Waals surface area contributed by atoms with E-state index in [2.05, 4.69) is 10.6 Å². The summed E-state index contributed by atoms with van der Waals surface area (Å²) in [6.45, 7) is 1.61. The van der Waals surface area contributed by atoms with E-state index in [1.165, 1.54) is 13.0 Å². The quantitative estimate of drug-likeness (QED) is 0.274. The van der Waals surface area contributed by atoms with E-state index in [1.54, 1.807) is 12.1 Å². The van der Waals surface area contributed by atoms with E-state index in [0.29, 0.717) is 5.75 Å². The maximum atomic E-state index is 12.7. The molecule has 0 bridgehead atoms. The molecule has 30 heavy (non-hydrogen) atoms. The number of urea groups is 1. The Bertz CT molecular complexity index is 1000. The van der Waals surface area contributed by atoms with Crippen molar-refractivity contribution in [1.29, 1.82) is 0 Å². The molecule has 2 aromatic carbocycles. The second-order valence-corrected chi connectivity index (χ2v) is 6.37. The van der Waals surface area contributed by atoms with Crippen molar-refractivity contribution in [2.24, 2.45) is 0 Å². The van der Waals surface area contributed by atoms with E-state index < -0.39 is 34.4 Å². The van der Waals surface area contributed by atoms with Gasteiger partial charge in [-0.1, -0.05) is 24.3 Å². The van der Waals surface area contributed by atoms with E-state index >= 15 is 0 Å². The SMILES string of the molecule is CC1=C(C(=O)OCCOc2ccccc2)C(c2ccc(O)c([N+](=O)[O-])c2)NC(=O)N1. The number of nitro benzene ring substituents is 1. The van der Waals surface area contributed by atoms with Gasteiger partial charge in [-0.15, -0.1) is 0 Å². The van der Waals surface area contributed by atoms with Gasteiger partial charge in [-0.25, -0.2) is 9.59 Å². The van der Waals surface area contributed by atoms with E-state index in [1.807, 2.05) is 18.2 Å². The second kappa shape index (κ2) is 8.95. The van der Waals surface area contributed by atoms with Crippen LogP contribution in [-0.2, 0) is 9.53 Å². The molecule has 1 aliphatic rings. The third-order valence-corrected chi connectivity index (χ3v) is 4.35. The summed E-state index contributed by atoms with van der Waals surface area (Å²) in [5, 5.41) is 25.8. The van der Waals surface area contributed by atoms with Crippen molar-refractivity contribution in [2.75, 3.05) is 13.2 Å². The minimum absolute atomic E-state index is 0.0408. The van der Waals surface area contributed by atoms with Crippen molar-refractivity contribution in [3.05, 3.63) is 75.5 Å². The van der Waals surface area contributed by atoms with Crippen LogP contribution >= 0.6 is 0 Å². The summed E-state index contributed by atoms with van der Waals surface area (Å²) in [6.07, 6.45) is 0. The average Bonchev–Trinajstić information content (AvgIpc) is 2.71. The number of carbonyl (C=O) groups excluding carboxylic acids is 2. The number of allylic oxidation sites excluding steroid dienone is 1. The van der Waals surface area contributed by atoms with Crippen LogP contribution in [0.5, 0.6) is 11.5 Å². The highest BCUT2D eigenvalue weighted by molar-refractivity contribution is 5.95. The highest BCUT2D eigenvalue weighted by Crippen LogP contribution is 2.33. The lowest BCUT2D eigenvalue weighted by Crippen LogP contribution is -2.45. The van der Waals surface area contributed by atoms with Gasteiger partial charge in [0.05, 0.1) is 16.5 Å².